The summed E-state index contributed by atoms with van der Waals surface area (Å²) in [6, 6.07) is 29.4. The van der Waals surface area contributed by atoms with Crippen LogP contribution in [0, 0.1) is 5.41 Å². The summed E-state index contributed by atoms with van der Waals surface area (Å²) in [6.07, 6.45) is -8.98. The molecular weight excluding hydrogens is 600 g/mol. The van der Waals surface area contributed by atoms with Crippen molar-refractivity contribution in [1.82, 2.24) is 4.90 Å². The van der Waals surface area contributed by atoms with Gasteiger partial charge in [-0.3, -0.25) is 5.41 Å². The number of nitrogens with zero attached hydrogens (tertiary/aromatic N) is 1. The highest BCUT2D eigenvalue weighted by Gasteiger charge is 2.33. The predicted octanol–water partition coefficient (Wildman–Crippen LogP) is 10.2. The van der Waals surface area contributed by atoms with Crippen LogP contribution in [0.15, 0.2) is 109 Å². The highest BCUT2D eigenvalue weighted by molar-refractivity contribution is 6.12. The summed E-state index contributed by atoms with van der Waals surface area (Å²) in [5.41, 5.74) is 10.4. The second-order valence-electron chi connectivity index (χ2n) is 11.4. The van der Waals surface area contributed by atoms with Gasteiger partial charge in [-0.25, -0.2) is 0 Å². The van der Waals surface area contributed by atoms with Gasteiger partial charge >= 0.3 is 12.4 Å². The molecule has 3 nitrogen and oxygen atoms in total. The Morgan fingerprint density at radius 1 is 0.565 bits per heavy atom. The minimum Gasteiger partial charge on any atom is -0.370 e. The van der Waals surface area contributed by atoms with Crippen LogP contribution < -0.4 is 5.73 Å². The molecule has 0 amide bonds. The van der Waals surface area contributed by atoms with Gasteiger partial charge in [0.2, 0.25) is 0 Å². The molecule has 46 heavy (non-hydrogen) atoms. The molecule has 6 aromatic carbocycles. The number of alkyl halides is 6. The third-order valence-electron chi connectivity index (χ3n) is 8.65. The standard InChI is InChI=1S/C37H25F6N3/c38-36(39,40)25-13-9-21(10-14-25)29-17-23-5-1-3-7-27(23)33-31(29)19-46(35(44)45)20-32-30(18-24-6-2-4-8-28(24)34(32)33)22-11-15-26(16-12-22)37(41,42)43/h1-18H,19-20H2,(H3,44,45). The van der Waals surface area contributed by atoms with Crippen LogP contribution in [0.1, 0.15) is 22.3 Å². The molecule has 1 heterocycles. The number of nitrogens with one attached hydrogen (secondary N) is 1. The van der Waals surface area contributed by atoms with E-state index in [1.165, 1.54) is 24.3 Å². The summed E-state index contributed by atoms with van der Waals surface area (Å²) in [6.45, 7) is 0.364. The average Bonchev–Trinajstić information content (AvgIpc) is 3.22. The summed E-state index contributed by atoms with van der Waals surface area (Å²) in [7, 11) is 0. The van der Waals surface area contributed by atoms with Crippen LogP contribution in [0.5, 0.6) is 0 Å². The lowest BCUT2D eigenvalue weighted by atomic mass is 9.82. The van der Waals surface area contributed by atoms with E-state index >= 15 is 0 Å². The zero-order chi connectivity index (χ0) is 32.4. The van der Waals surface area contributed by atoms with Gasteiger partial charge in [-0.2, -0.15) is 26.3 Å². The minimum absolute atomic E-state index is 0.182. The number of hydrogen-bond acceptors (Lipinski definition) is 1. The van der Waals surface area contributed by atoms with Gasteiger partial charge < -0.3 is 10.6 Å². The molecular formula is C37H25F6N3. The molecule has 0 atom stereocenters. The molecule has 0 aromatic heterocycles. The zero-order valence-electron chi connectivity index (χ0n) is 24.1. The third-order valence-corrected chi connectivity index (χ3v) is 8.65. The highest BCUT2D eigenvalue weighted by atomic mass is 19.4. The topological polar surface area (TPSA) is 53.1 Å². The number of hydrogen-bond donors (Lipinski definition) is 2. The van der Waals surface area contributed by atoms with Crippen LogP contribution in [0.25, 0.3) is 54.9 Å². The summed E-state index contributed by atoms with van der Waals surface area (Å²) < 4.78 is 80.8. The van der Waals surface area contributed by atoms with Crippen molar-refractivity contribution in [3.8, 4) is 33.4 Å². The van der Waals surface area contributed by atoms with Crippen LogP contribution in [0.2, 0.25) is 0 Å². The van der Waals surface area contributed by atoms with Gasteiger partial charge in [0.25, 0.3) is 0 Å². The van der Waals surface area contributed by atoms with Crippen LogP contribution in [0.4, 0.5) is 26.3 Å². The Bertz CT molecular complexity index is 2000. The SMILES string of the molecule is N=C(N)N1Cc2c(-c3ccc(C(F)(F)F)cc3)cc3ccccc3c2-c2c(c(-c3ccc(C(F)(F)F)cc3)cc3ccccc23)C1. The third kappa shape index (κ3) is 5.01. The molecule has 3 N–H and O–H groups in total. The van der Waals surface area contributed by atoms with Crippen LogP contribution in [-0.4, -0.2) is 10.9 Å². The van der Waals surface area contributed by atoms with Crippen molar-refractivity contribution in [2.45, 2.75) is 25.4 Å². The lowest BCUT2D eigenvalue weighted by Crippen LogP contribution is -2.35. The van der Waals surface area contributed by atoms with Crippen molar-refractivity contribution in [2.24, 2.45) is 5.73 Å². The van der Waals surface area contributed by atoms with Crippen molar-refractivity contribution in [3.05, 3.63) is 131 Å². The van der Waals surface area contributed by atoms with E-state index in [4.69, 9.17) is 11.1 Å². The molecule has 0 bridgehead atoms. The van der Waals surface area contributed by atoms with Gasteiger partial charge in [0, 0.05) is 13.1 Å². The largest absolute Gasteiger partial charge is 0.416 e. The number of nitrogens with two attached hydrogens (primary N) is 1. The molecule has 0 saturated heterocycles. The highest BCUT2D eigenvalue weighted by Crippen LogP contribution is 2.48. The first-order chi connectivity index (χ1) is 21.9. The second-order valence-corrected chi connectivity index (χ2v) is 11.4. The van der Waals surface area contributed by atoms with Gasteiger partial charge in [0.1, 0.15) is 0 Å². The first kappa shape index (κ1) is 29.4. The average molecular weight is 626 g/mol. The monoisotopic (exact) mass is 625 g/mol. The van der Waals surface area contributed by atoms with Gasteiger partial charge in [0.15, 0.2) is 5.96 Å². The van der Waals surface area contributed by atoms with Gasteiger partial charge in [-0.05, 0) is 102 Å². The zero-order valence-corrected chi connectivity index (χ0v) is 24.1. The molecule has 230 valence electrons. The molecule has 0 saturated carbocycles. The summed E-state index contributed by atoms with van der Waals surface area (Å²) in [4.78, 5) is 1.68. The van der Waals surface area contributed by atoms with Crippen molar-refractivity contribution in [3.63, 3.8) is 0 Å². The Morgan fingerprint density at radius 2 is 0.935 bits per heavy atom. The van der Waals surface area contributed by atoms with Crippen molar-refractivity contribution < 1.29 is 26.3 Å². The van der Waals surface area contributed by atoms with E-state index in [1.54, 1.807) is 4.90 Å². The molecule has 0 fully saturated rings. The van der Waals surface area contributed by atoms with E-state index in [1.807, 2.05) is 60.7 Å². The molecule has 1 aliphatic rings. The molecule has 0 unspecified atom stereocenters. The van der Waals surface area contributed by atoms with Crippen molar-refractivity contribution in [1.29, 1.82) is 5.41 Å². The molecule has 9 heteroatoms. The van der Waals surface area contributed by atoms with E-state index < -0.39 is 23.5 Å². The Balaban J connectivity index is 1.59. The molecule has 0 spiro atoms. The molecule has 0 radical (unpaired) electrons. The maximum Gasteiger partial charge on any atom is 0.416 e. The van der Waals surface area contributed by atoms with Crippen molar-refractivity contribution in [2.75, 3.05) is 0 Å². The second kappa shape index (κ2) is 10.7. The Kier molecular flexibility index (Phi) is 6.81. The molecule has 0 aliphatic carbocycles. The van der Waals surface area contributed by atoms with Crippen molar-refractivity contribution >= 4 is 27.5 Å². The fourth-order valence-corrected chi connectivity index (χ4v) is 6.48. The van der Waals surface area contributed by atoms with Gasteiger partial charge in [-0.1, -0.05) is 72.8 Å². The maximum absolute atomic E-state index is 13.5. The lowest BCUT2D eigenvalue weighted by molar-refractivity contribution is -0.138. The Morgan fingerprint density at radius 3 is 1.28 bits per heavy atom. The van der Waals surface area contributed by atoms with Gasteiger partial charge in [0.05, 0.1) is 11.1 Å². The smallest absolute Gasteiger partial charge is 0.370 e. The number of rotatable bonds is 2. The quantitative estimate of drug-likeness (QED) is 0.114. The van der Waals surface area contributed by atoms with Crippen LogP contribution in [0.3, 0.4) is 0 Å². The predicted molar refractivity (Wildman–Crippen MR) is 169 cm³/mol. The molecule has 7 rings (SSSR count). The van der Waals surface area contributed by atoms with Gasteiger partial charge in [-0.15, -0.1) is 0 Å². The molecule has 1 aliphatic heterocycles. The minimum atomic E-state index is -4.49. The van der Waals surface area contributed by atoms with E-state index in [-0.39, 0.29) is 19.0 Å². The Hall–Kier alpha value is -5.31. The maximum atomic E-state index is 13.5. The fraction of sp³-hybridized carbons (Fsp3) is 0.108. The number of guanidine groups is 1. The lowest BCUT2D eigenvalue weighted by Gasteiger charge is -2.24. The van der Waals surface area contributed by atoms with E-state index in [9.17, 15) is 26.3 Å². The number of fused-ring (bicyclic) bond motifs is 7. The Labute approximate surface area is 260 Å². The fourth-order valence-electron chi connectivity index (χ4n) is 6.48. The summed E-state index contributed by atoms with van der Waals surface area (Å²) in [5.74, 6) is -0.211. The van der Waals surface area contributed by atoms with E-state index in [0.29, 0.717) is 22.3 Å². The summed E-state index contributed by atoms with van der Waals surface area (Å²) in [5, 5.41) is 12.0. The normalized spacial score (nSPS) is 13.4. The first-order valence-corrected chi connectivity index (χ1v) is 14.4. The molecule has 6 aromatic rings. The van der Waals surface area contributed by atoms with Crippen LogP contribution >= 0.6 is 0 Å². The summed E-state index contributed by atoms with van der Waals surface area (Å²) >= 11 is 0. The van der Waals surface area contributed by atoms with Crippen LogP contribution in [-0.2, 0) is 25.4 Å². The number of halogens is 6. The van der Waals surface area contributed by atoms with E-state index in [0.717, 1.165) is 68.1 Å². The van der Waals surface area contributed by atoms with E-state index in [2.05, 4.69) is 0 Å². The number of benzene rings is 6. The first-order valence-electron chi connectivity index (χ1n) is 14.4.